The number of aliphatic hydroxyl groups is 1. The number of benzene rings is 1. The fourth-order valence-electron chi connectivity index (χ4n) is 2.41. The van der Waals surface area contributed by atoms with E-state index >= 15 is 0 Å². The van der Waals surface area contributed by atoms with Gasteiger partial charge in [0, 0.05) is 12.1 Å². The third-order valence-electron chi connectivity index (χ3n) is 3.27. The first kappa shape index (κ1) is 12.0. The van der Waals surface area contributed by atoms with Gasteiger partial charge in [-0.15, -0.1) is 0 Å². The number of rotatable bonds is 3. The summed E-state index contributed by atoms with van der Waals surface area (Å²) >= 11 is 0. The molecule has 0 bridgehead atoms. The van der Waals surface area contributed by atoms with Crippen molar-refractivity contribution >= 4 is 12.0 Å². The van der Waals surface area contributed by atoms with Crippen molar-refractivity contribution in [3.8, 4) is 0 Å². The molecule has 0 aliphatic carbocycles. The third kappa shape index (κ3) is 2.31. The Morgan fingerprint density at radius 3 is 3.00 bits per heavy atom. The van der Waals surface area contributed by atoms with Gasteiger partial charge in [0.05, 0.1) is 18.3 Å². The normalized spacial score (nSPS) is 20.4. The number of halogens is 1. The molecule has 0 aromatic heterocycles. The Morgan fingerprint density at radius 2 is 2.29 bits per heavy atom. The molecule has 1 aliphatic heterocycles. The first-order valence-corrected chi connectivity index (χ1v) is 5.89. The van der Waals surface area contributed by atoms with E-state index in [2.05, 4.69) is 0 Å². The number of hydrogen-bond donors (Lipinski definition) is 1. The Balaban J connectivity index is 2.40. The molecule has 92 valence electrons. The van der Waals surface area contributed by atoms with Crippen LogP contribution in [-0.2, 0) is 0 Å². The van der Waals surface area contributed by atoms with Crippen LogP contribution in [0, 0.1) is 5.82 Å². The van der Waals surface area contributed by atoms with Crippen molar-refractivity contribution in [2.45, 2.75) is 25.3 Å². The molecule has 1 heterocycles. The van der Waals surface area contributed by atoms with Crippen molar-refractivity contribution in [3.05, 3.63) is 29.6 Å². The molecule has 1 fully saturated rings. The van der Waals surface area contributed by atoms with Crippen LogP contribution in [0.2, 0.25) is 0 Å². The summed E-state index contributed by atoms with van der Waals surface area (Å²) in [4.78, 5) is 12.8. The van der Waals surface area contributed by atoms with Gasteiger partial charge >= 0.3 is 0 Å². The van der Waals surface area contributed by atoms with Gasteiger partial charge in [-0.25, -0.2) is 4.39 Å². The van der Waals surface area contributed by atoms with E-state index in [1.807, 2.05) is 4.90 Å². The second-order valence-electron chi connectivity index (χ2n) is 4.32. The number of anilines is 1. The molecular weight excluding hydrogens is 221 g/mol. The van der Waals surface area contributed by atoms with Gasteiger partial charge in [-0.05, 0) is 31.4 Å². The zero-order valence-electron chi connectivity index (χ0n) is 9.60. The standard InChI is InChI=1S/C13H16FNO2/c14-12-6-3-4-10(8-16)13(12)15-7-2-1-5-11(15)9-17/h3-4,6,8,11,17H,1-2,5,7,9H2. The number of para-hydroxylation sites is 1. The number of carbonyl (C=O) groups excluding carboxylic acids is 1. The molecule has 1 aromatic rings. The maximum atomic E-state index is 13.8. The topological polar surface area (TPSA) is 40.5 Å². The molecule has 1 unspecified atom stereocenters. The molecule has 0 radical (unpaired) electrons. The zero-order chi connectivity index (χ0) is 12.3. The van der Waals surface area contributed by atoms with Crippen LogP contribution in [0.5, 0.6) is 0 Å². The molecule has 1 aromatic carbocycles. The van der Waals surface area contributed by atoms with Crippen LogP contribution in [-0.4, -0.2) is 30.6 Å². The molecule has 4 heteroatoms. The summed E-state index contributed by atoms with van der Waals surface area (Å²) in [6, 6.07) is 4.40. The van der Waals surface area contributed by atoms with Crippen molar-refractivity contribution < 1.29 is 14.3 Å². The van der Waals surface area contributed by atoms with Gasteiger partial charge < -0.3 is 10.0 Å². The van der Waals surface area contributed by atoms with Crippen LogP contribution in [0.3, 0.4) is 0 Å². The maximum absolute atomic E-state index is 13.8. The average molecular weight is 237 g/mol. The van der Waals surface area contributed by atoms with E-state index in [4.69, 9.17) is 0 Å². The van der Waals surface area contributed by atoms with Crippen LogP contribution >= 0.6 is 0 Å². The van der Waals surface area contributed by atoms with E-state index in [-0.39, 0.29) is 12.6 Å². The van der Waals surface area contributed by atoms with Gasteiger partial charge in [0.15, 0.2) is 6.29 Å². The fourth-order valence-corrected chi connectivity index (χ4v) is 2.41. The summed E-state index contributed by atoms with van der Waals surface area (Å²) in [5.74, 6) is -0.394. The molecule has 0 saturated carbocycles. The molecule has 1 aliphatic rings. The molecule has 1 saturated heterocycles. The van der Waals surface area contributed by atoms with Crippen molar-refractivity contribution in [1.29, 1.82) is 0 Å². The van der Waals surface area contributed by atoms with Crippen LogP contribution in [0.15, 0.2) is 18.2 Å². The van der Waals surface area contributed by atoms with E-state index < -0.39 is 5.82 Å². The summed E-state index contributed by atoms with van der Waals surface area (Å²) in [5, 5.41) is 9.32. The summed E-state index contributed by atoms with van der Waals surface area (Å²) in [6.07, 6.45) is 3.50. The summed E-state index contributed by atoms with van der Waals surface area (Å²) in [5.41, 5.74) is 0.687. The van der Waals surface area contributed by atoms with Gasteiger partial charge in [-0.2, -0.15) is 0 Å². The van der Waals surface area contributed by atoms with Crippen molar-refractivity contribution in [2.24, 2.45) is 0 Å². The first-order chi connectivity index (χ1) is 8.27. The first-order valence-electron chi connectivity index (χ1n) is 5.89. The highest BCUT2D eigenvalue weighted by atomic mass is 19.1. The second-order valence-corrected chi connectivity index (χ2v) is 4.32. The van der Waals surface area contributed by atoms with E-state index in [0.717, 1.165) is 19.3 Å². The van der Waals surface area contributed by atoms with Crippen LogP contribution in [0.25, 0.3) is 0 Å². The molecule has 0 amide bonds. The number of piperidine rings is 1. The minimum atomic E-state index is -0.394. The van der Waals surface area contributed by atoms with Crippen molar-refractivity contribution in [3.63, 3.8) is 0 Å². The summed E-state index contributed by atoms with van der Waals surface area (Å²) in [7, 11) is 0. The molecule has 3 nitrogen and oxygen atoms in total. The molecular formula is C13H16FNO2. The molecule has 1 N–H and O–H groups in total. The zero-order valence-corrected chi connectivity index (χ0v) is 9.60. The van der Waals surface area contributed by atoms with Gasteiger partial charge in [0.1, 0.15) is 5.82 Å². The minimum absolute atomic E-state index is 0.00731. The van der Waals surface area contributed by atoms with E-state index in [1.165, 1.54) is 12.1 Å². The number of aldehydes is 1. The number of nitrogens with zero attached hydrogens (tertiary/aromatic N) is 1. The third-order valence-corrected chi connectivity index (χ3v) is 3.27. The highest BCUT2D eigenvalue weighted by Gasteiger charge is 2.25. The lowest BCUT2D eigenvalue weighted by Gasteiger charge is -2.37. The average Bonchev–Trinajstić information content (AvgIpc) is 2.38. The maximum Gasteiger partial charge on any atom is 0.152 e. The van der Waals surface area contributed by atoms with Crippen LogP contribution in [0.1, 0.15) is 29.6 Å². The van der Waals surface area contributed by atoms with Crippen LogP contribution < -0.4 is 4.90 Å². The largest absolute Gasteiger partial charge is 0.394 e. The van der Waals surface area contributed by atoms with Crippen LogP contribution in [0.4, 0.5) is 10.1 Å². The van der Waals surface area contributed by atoms with Gasteiger partial charge in [-0.3, -0.25) is 4.79 Å². The SMILES string of the molecule is O=Cc1cccc(F)c1N1CCCCC1CO. The highest BCUT2D eigenvalue weighted by Crippen LogP contribution is 2.29. The fraction of sp³-hybridized carbons (Fsp3) is 0.462. The molecule has 0 spiro atoms. The Bertz CT molecular complexity index is 408. The summed E-state index contributed by atoms with van der Waals surface area (Å²) in [6.45, 7) is 0.680. The Hall–Kier alpha value is -1.42. The van der Waals surface area contributed by atoms with Crippen molar-refractivity contribution in [1.82, 2.24) is 0 Å². The molecule has 2 rings (SSSR count). The van der Waals surface area contributed by atoms with Gasteiger partial charge in [-0.1, -0.05) is 6.07 Å². The monoisotopic (exact) mass is 237 g/mol. The predicted octanol–water partition coefficient (Wildman–Crippen LogP) is 1.99. The smallest absolute Gasteiger partial charge is 0.152 e. The predicted molar refractivity (Wildman–Crippen MR) is 63.9 cm³/mol. The van der Waals surface area contributed by atoms with Gasteiger partial charge in [0.2, 0.25) is 0 Å². The Morgan fingerprint density at radius 1 is 1.47 bits per heavy atom. The number of aliphatic hydroxyl groups excluding tert-OH is 1. The highest BCUT2D eigenvalue weighted by molar-refractivity contribution is 5.85. The summed E-state index contributed by atoms with van der Waals surface area (Å²) < 4.78 is 13.8. The lowest BCUT2D eigenvalue weighted by Crippen LogP contribution is -2.42. The molecule has 17 heavy (non-hydrogen) atoms. The van der Waals surface area contributed by atoms with Crippen molar-refractivity contribution in [2.75, 3.05) is 18.1 Å². The number of carbonyl (C=O) groups is 1. The quantitative estimate of drug-likeness (QED) is 0.817. The van der Waals surface area contributed by atoms with E-state index in [0.29, 0.717) is 24.1 Å². The Labute approximate surface area is 99.9 Å². The molecule has 1 atom stereocenters. The van der Waals surface area contributed by atoms with E-state index in [1.54, 1.807) is 6.07 Å². The minimum Gasteiger partial charge on any atom is -0.394 e. The number of hydrogen-bond acceptors (Lipinski definition) is 3. The lowest BCUT2D eigenvalue weighted by atomic mass is 10.0. The van der Waals surface area contributed by atoms with Gasteiger partial charge in [0.25, 0.3) is 0 Å². The lowest BCUT2D eigenvalue weighted by molar-refractivity contribution is 0.112. The van der Waals surface area contributed by atoms with E-state index in [9.17, 15) is 14.3 Å². The Kier molecular flexibility index (Phi) is 3.74. The second kappa shape index (κ2) is 5.27.